The summed E-state index contributed by atoms with van der Waals surface area (Å²) in [7, 11) is 0. The van der Waals surface area contributed by atoms with Crippen molar-refractivity contribution in [1.82, 2.24) is 15.2 Å². The summed E-state index contributed by atoms with van der Waals surface area (Å²) in [5, 5.41) is 6.87. The summed E-state index contributed by atoms with van der Waals surface area (Å²) < 4.78 is 38.7. The van der Waals surface area contributed by atoms with Gasteiger partial charge in [-0.25, -0.2) is 0 Å². The molecule has 7 heteroatoms. The van der Waals surface area contributed by atoms with Crippen LogP contribution in [0.5, 0.6) is 0 Å². The van der Waals surface area contributed by atoms with E-state index in [4.69, 9.17) is 0 Å². The van der Waals surface area contributed by atoms with Crippen molar-refractivity contribution in [3.63, 3.8) is 0 Å². The van der Waals surface area contributed by atoms with Crippen LogP contribution in [0.25, 0.3) is 10.9 Å². The van der Waals surface area contributed by atoms with Crippen molar-refractivity contribution >= 4 is 16.9 Å². The number of aryl methyl sites for hydroxylation is 1. The van der Waals surface area contributed by atoms with E-state index < -0.39 is 12.6 Å². The molecule has 2 rings (SSSR count). The van der Waals surface area contributed by atoms with Crippen molar-refractivity contribution in [3.05, 3.63) is 36.5 Å². The summed E-state index contributed by atoms with van der Waals surface area (Å²) in [6.45, 7) is 3.69. The van der Waals surface area contributed by atoms with E-state index in [-0.39, 0.29) is 6.54 Å². The van der Waals surface area contributed by atoms with Gasteiger partial charge in [0.1, 0.15) is 0 Å². The summed E-state index contributed by atoms with van der Waals surface area (Å²) in [5.74, 6) is 0.430. The van der Waals surface area contributed by atoms with E-state index in [1.54, 1.807) is 0 Å². The Bertz CT molecular complexity index is 661. The van der Waals surface area contributed by atoms with Crippen LogP contribution in [0, 0.1) is 0 Å². The quantitative estimate of drug-likeness (QED) is 0.460. The smallest absolute Gasteiger partial charge is 0.357 e. The van der Waals surface area contributed by atoms with Crippen molar-refractivity contribution in [2.45, 2.75) is 32.5 Å². The minimum absolute atomic E-state index is 0.169. The maximum absolute atomic E-state index is 12.2. The van der Waals surface area contributed by atoms with Crippen molar-refractivity contribution < 1.29 is 13.2 Å². The Labute approximate surface area is 139 Å². The second-order valence-electron chi connectivity index (χ2n) is 5.47. The Balaban J connectivity index is 1.81. The Morgan fingerprint density at radius 3 is 2.71 bits per heavy atom. The summed E-state index contributed by atoms with van der Waals surface area (Å²) in [6, 6.07) is 10.2. The number of nitrogens with zero attached hydrogens (tertiary/aromatic N) is 2. The maximum atomic E-state index is 12.2. The van der Waals surface area contributed by atoms with Crippen LogP contribution in [0.1, 0.15) is 19.8 Å². The first-order valence-corrected chi connectivity index (χ1v) is 8.12. The van der Waals surface area contributed by atoms with Crippen LogP contribution in [0.4, 0.5) is 13.2 Å². The maximum Gasteiger partial charge on any atom is 0.390 e. The van der Waals surface area contributed by atoms with E-state index in [1.165, 1.54) is 10.9 Å². The van der Waals surface area contributed by atoms with Crippen LogP contribution in [-0.2, 0) is 6.54 Å². The van der Waals surface area contributed by atoms with Crippen molar-refractivity contribution in [3.8, 4) is 0 Å². The molecule has 1 heterocycles. The van der Waals surface area contributed by atoms with Gasteiger partial charge in [0.05, 0.1) is 6.42 Å². The molecule has 1 aromatic heterocycles. The molecule has 2 N–H and O–H groups in total. The van der Waals surface area contributed by atoms with Gasteiger partial charge in [0.25, 0.3) is 0 Å². The number of benzene rings is 1. The van der Waals surface area contributed by atoms with Crippen molar-refractivity contribution in [1.29, 1.82) is 0 Å². The van der Waals surface area contributed by atoms with Crippen molar-refractivity contribution in [2.75, 3.05) is 19.6 Å². The van der Waals surface area contributed by atoms with Gasteiger partial charge >= 0.3 is 6.18 Å². The molecule has 0 aliphatic heterocycles. The lowest BCUT2D eigenvalue weighted by molar-refractivity contribution is -0.132. The van der Waals surface area contributed by atoms with Gasteiger partial charge in [-0.1, -0.05) is 18.2 Å². The number of para-hydroxylation sites is 1. The number of hydrogen-bond acceptors (Lipinski definition) is 1. The molecular formula is C17H23F3N4. The van der Waals surface area contributed by atoms with Gasteiger partial charge < -0.3 is 15.2 Å². The van der Waals surface area contributed by atoms with Gasteiger partial charge in [0, 0.05) is 37.9 Å². The summed E-state index contributed by atoms with van der Waals surface area (Å²) >= 11 is 0. The normalized spacial score (nSPS) is 12.6. The van der Waals surface area contributed by atoms with Crippen molar-refractivity contribution in [2.24, 2.45) is 4.99 Å². The second kappa shape index (κ2) is 8.61. The zero-order chi connectivity index (χ0) is 17.4. The lowest BCUT2D eigenvalue weighted by Crippen LogP contribution is -2.39. The molecule has 0 saturated carbocycles. The molecule has 4 nitrogen and oxygen atoms in total. The molecule has 132 valence electrons. The molecule has 24 heavy (non-hydrogen) atoms. The molecule has 0 spiro atoms. The molecule has 0 amide bonds. The Morgan fingerprint density at radius 2 is 1.96 bits per heavy atom. The van der Waals surface area contributed by atoms with Gasteiger partial charge in [-0.2, -0.15) is 13.2 Å². The van der Waals surface area contributed by atoms with E-state index in [1.807, 2.05) is 25.3 Å². The number of nitrogens with one attached hydrogen (secondary N) is 2. The van der Waals surface area contributed by atoms with E-state index in [0.29, 0.717) is 19.0 Å². The van der Waals surface area contributed by atoms with Crippen LogP contribution in [0.2, 0.25) is 0 Å². The van der Waals surface area contributed by atoms with Crippen LogP contribution < -0.4 is 10.6 Å². The number of halogens is 3. The largest absolute Gasteiger partial charge is 0.390 e. The zero-order valence-electron chi connectivity index (χ0n) is 13.7. The minimum atomic E-state index is -4.15. The fourth-order valence-electron chi connectivity index (χ4n) is 2.43. The fourth-order valence-corrected chi connectivity index (χ4v) is 2.43. The number of guanidine groups is 1. The van der Waals surface area contributed by atoms with E-state index in [2.05, 4.69) is 38.4 Å². The molecule has 0 atom stereocenters. The molecule has 1 aromatic carbocycles. The number of aliphatic imine (C=N–C) groups is 1. The second-order valence-corrected chi connectivity index (χ2v) is 5.47. The highest BCUT2D eigenvalue weighted by atomic mass is 19.4. The average Bonchev–Trinajstić information content (AvgIpc) is 2.93. The third-order valence-electron chi connectivity index (χ3n) is 3.55. The topological polar surface area (TPSA) is 41.4 Å². The molecule has 0 aliphatic rings. The SMILES string of the molecule is CCNC(=NCCCn1ccc2ccccc21)NCCC(F)(F)F. The van der Waals surface area contributed by atoms with E-state index in [9.17, 15) is 13.2 Å². The number of hydrogen-bond donors (Lipinski definition) is 2. The molecular weight excluding hydrogens is 317 g/mol. The zero-order valence-corrected chi connectivity index (χ0v) is 13.7. The highest BCUT2D eigenvalue weighted by Gasteiger charge is 2.26. The summed E-state index contributed by atoms with van der Waals surface area (Å²) in [5.41, 5.74) is 1.18. The highest BCUT2D eigenvalue weighted by Crippen LogP contribution is 2.18. The molecule has 2 aromatic rings. The lowest BCUT2D eigenvalue weighted by Gasteiger charge is -2.12. The predicted octanol–water partition coefficient (Wildman–Crippen LogP) is 3.54. The fraction of sp³-hybridized carbons (Fsp3) is 0.471. The predicted molar refractivity (Wildman–Crippen MR) is 91.2 cm³/mol. The average molecular weight is 340 g/mol. The third kappa shape index (κ3) is 5.79. The first-order chi connectivity index (χ1) is 11.5. The Morgan fingerprint density at radius 1 is 1.17 bits per heavy atom. The van der Waals surface area contributed by atoms with Gasteiger partial charge in [0.2, 0.25) is 0 Å². The highest BCUT2D eigenvalue weighted by molar-refractivity contribution is 5.80. The van der Waals surface area contributed by atoms with Crippen LogP contribution >= 0.6 is 0 Å². The van der Waals surface area contributed by atoms with Crippen LogP contribution in [0.3, 0.4) is 0 Å². The molecule has 0 radical (unpaired) electrons. The Hall–Kier alpha value is -2.18. The lowest BCUT2D eigenvalue weighted by atomic mass is 10.2. The number of aromatic nitrogens is 1. The third-order valence-corrected chi connectivity index (χ3v) is 3.55. The van der Waals surface area contributed by atoms with Gasteiger partial charge in [-0.3, -0.25) is 4.99 Å². The van der Waals surface area contributed by atoms with E-state index in [0.717, 1.165) is 13.0 Å². The Kier molecular flexibility index (Phi) is 6.52. The summed E-state index contributed by atoms with van der Waals surface area (Å²) in [6.07, 6.45) is -2.16. The molecule has 0 bridgehead atoms. The number of fused-ring (bicyclic) bond motifs is 1. The molecule has 0 fully saturated rings. The molecule has 0 aliphatic carbocycles. The first kappa shape index (κ1) is 18.2. The monoisotopic (exact) mass is 340 g/mol. The summed E-state index contributed by atoms with van der Waals surface area (Å²) in [4.78, 5) is 4.33. The molecule has 0 saturated heterocycles. The van der Waals surface area contributed by atoms with Gasteiger partial charge in [0.15, 0.2) is 5.96 Å². The van der Waals surface area contributed by atoms with E-state index >= 15 is 0 Å². The first-order valence-electron chi connectivity index (χ1n) is 8.12. The molecule has 0 unspecified atom stereocenters. The number of alkyl halides is 3. The minimum Gasteiger partial charge on any atom is -0.357 e. The standard InChI is InChI=1S/C17H23F3N4/c1-2-21-16(23-11-9-17(18,19)20)22-10-5-12-24-13-8-14-6-3-4-7-15(14)24/h3-4,6-8,13H,2,5,9-12H2,1H3,(H2,21,22,23). The van der Waals surface area contributed by atoms with Crippen LogP contribution in [-0.4, -0.2) is 36.3 Å². The number of rotatable bonds is 7. The van der Waals surface area contributed by atoms with Crippen LogP contribution in [0.15, 0.2) is 41.5 Å². The van der Waals surface area contributed by atoms with Gasteiger partial charge in [-0.15, -0.1) is 0 Å². The van der Waals surface area contributed by atoms with Gasteiger partial charge in [-0.05, 0) is 30.9 Å².